The van der Waals surface area contributed by atoms with Gasteiger partial charge in [-0.15, -0.1) is 0 Å². The van der Waals surface area contributed by atoms with Gasteiger partial charge in [0.05, 0.1) is 6.21 Å². The highest BCUT2D eigenvalue weighted by Crippen LogP contribution is 2.19. The van der Waals surface area contributed by atoms with Gasteiger partial charge in [-0.05, 0) is 42.2 Å². The quantitative estimate of drug-likeness (QED) is 0.508. The van der Waals surface area contributed by atoms with Crippen molar-refractivity contribution in [3.63, 3.8) is 0 Å². The van der Waals surface area contributed by atoms with Crippen LogP contribution in [0.15, 0.2) is 47.6 Å². The summed E-state index contributed by atoms with van der Waals surface area (Å²) < 4.78 is 0. The van der Waals surface area contributed by atoms with Gasteiger partial charge in [-0.3, -0.25) is 9.59 Å². The van der Waals surface area contributed by atoms with Crippen LogP contribution in [0.25, 0.3) is 0 Å². The molecule has 0 bridgehead atoms. The minimum atomic E-state index is -0.854. The SMILES string of the molecule is CCc1ccc(/C=N/NC(=O)C(=O)Nc2ccc(C)c(Cl)c2)cc1. The van der Waals surface area contributed by atoms with E-state index in [1.807, 2.05) is 31.2 Å². The van der Waals surface area contributed by atoms with Crippen molar-refractivity contribution in [2.45, 2.75) is 20.3 Å². The van der Waals surface area contributed by atoms with Gasteiger partial charge >= 0.3 is 11.8 Å². The van der Waals surface area contributed by atoms with E-state index in [0.29, 0.717) is 10.7 Å². The summed E-state index contributed by atoms with van der Waals surface area (Å²) in [7, 11) is 0. The lowest BCUT2D eigenvalue weighted by molar-refractivity contribution is -0.136. The van der Waals surface area contributed by atoms with Crippen molar-refractivity contribution < 1.29 is 9.59 Å². The van der Waals surface area contributed by atoms with Crippen LogP contribution in [-0.4, -0.2) is 18.0 Å². The summed E-state index contributed by atoms with van der Waals surface area (Å²) in [6.07, 6.45) is 2.44. The number of carbonyl (C=O) groups is 2. The van der Waals surface area contributed by atoms with Gasteiger partial charge in [0.2, 0.25) is 0 Å². The van der Waals surface area contributed by atoms with E-state index in [2.05, 4.69) is 22.8 Å². The molecule has 0 radical (unpaired) electrons. The summed E-state index contributed by atoms with van der Waals surface area (Å²) in [5.74, 6) is -1.67. The van der Waals surface area contributed by atoms with Gasteiger partial charge in [0.1, 0.15) is 0 Å². The van der Waals surface area contributed by atoms with Crippen LogP contribution in [0.2, 0.25) is 5.02 Å². The van der Waals surface area contributed by atoms with Crippen LogP contribution in [0.1, 0.15) is 23.6 Å². The second-order valence-corrected chi connectivity index (χ2v) is 5.62. The Balaban J connectivity index is 1.89. The Labute approximate surface area is 145 Å². The van der Waals surface area contributed by atoms with Crippen molar-refractivity contribution >= 4 is 35.3 Å². The van der Waals surface area contributed by atoms with Crippen molar-refractivity contribution in [3.8, 4) is 0 Å². The van der Waals surface area contributed by atoms with Crippen molar-refractivity contribution in [1.29, 1.82) is 0 Å². The molecule has 0 saturated carbocycles. The highest BCUT2D eigenvalue weighted by molar-refractivity contribution is 6.39. The maximum Gasteiger partial charge on any atom is 0.329 e. The first-order valence-electron chi connectivity index (χ1n) is 7.49. The molecule has 0 aliphatic carbocycles. The largest absolute Gasteiger partial charge is 0.329 e. The molecule has 2 N–H and O–H groups in total. The van der Waals surface area contributed by atoms with Crippen LogP contribution < -0.4 is 10.7 Å². The van der Waals surface area contributed by atoms with E-state index in [4.69, 9.17) is 11.6 Å². The summed E-state index contributed by atoms with van der Waals surface area (Å²) in [5, 5.41) is 6.76. The molecule has 5 nitrogen and oxygen atoms in total. The molecule has 0 heterocycles. The minimum Gasteiger partial charge on any atom is -0.318 e. The lowest BCUT2D eigenvalue weighted by Crippen LogP contribution is -2.32. The fourth-order valence-corrected chi connectivity index (χ4v) is 2.09. The molecule has 0 aromatic heterocycles. The molecule has 0 atom stereocenters. The second-order valence-electron chi connectivity index (χ2n) is 5.21. The van der Waals surface area contributed by atoms with Gasteiger partial charge in [0, 0.05) is 10.7 Å². The summed E-state index contributed by atoms with van der Waals surface area (Å²) in [6.45, 7) is 3.92. The average molecular weight is 344 g/mol. The molecule has 0 spiro atoms. The number of amides is 2. The van der Waals surface area contributed by atoms with Gasteiger partial charge < -0.3 is 5.32 Å². The second kappa shape index (κ2) is 8.26. The molecule has 24 heavy (non-hydrogen) atoms. The minimum absolute atomic E-state index is 0.449. The zero-order valence-corrected chi connectivity index (χ0v) is 14.2. The van der Waals surface area contributed by atoms with Crippen LogP contribution in [0.3, 0.4) is 0 Å². The number of anilines is 1. The first-order chi connectivity index (χ1) is 11.5. The van der Waals surface area contributed by atoms with Gasteiger partial charge in [0.25, 0.3) is 0 Å². The zero-order chi connectivity index (χ0) is 17.5. The number of hydrogen-bond acceptors (Lipinski definition) is 3. The van der Waals surface area contributed by atoms with E-state index < -0.39 is 11.8 Å². The highest BCUT2D eigenvalue weighted by atomic mass is 35.5. The Morgan fingerprint density at radius 3 is 2.46 bits per heavy atom. The third kappa shape index (κ3) is 4.93. The third-order valence-corrected chi connectivity index (χ3v) is 3.81. The van der Waals surface area contributed by atoms with Crippen LogP contribution in [0, 0.1) is 6.92 Å². The maximum absolute atomic E-state index is 11.8. The molecule has 2 amide bonds. The Bertz CT molecular complexity index is 770. The van der Waals surface area contributed by atoms with Gasteiger partial charge in [-0.25, -0.2) is 5.43 Å². The van der Waals surface area contributed by atoms with Crippen molar-refractivity contribution in [2.24, 2.45) is 5.10 Å². The number of rotatable bonds is 4. The van der Waals surface area contributed by atoms with Crippen LogP contribution in [-0.2, 0) is 16.0 Å². The molecule has 0 aliphatic heterocycles. The monoisotopic (exact) mass is 343 g/mol. The number of nitrogens with one attached hydrogen (secondary N) is 2. The van der Waals surface area contributed by atoms with E-state index >= 15 is 0 Å². The van der Waals surface area contributed by atoms with Crippen LogP contribution in [0.4, 0.5) is 5.69 Å². The molecule has 0 aliphatic rings. The molecule has 6 heteroatoms. The third-order valence-electron chi connectivity index (χ3n) is 3.40. The smallest absolute Gasteiger partial charge is 0.318 e. The molecule has 124 valence electrons. The summed E-state index contributed by atoms with van der Waals surface area (Å²) in [5.41, 5.74) is 5.57. The van der Waals surface area contributed by atoms with Gasteiger partial charge in [-0.1, -0.05) is 48.9 Å². The average Bonchev–Trinajstić information content (AvgIpc) is 2.58. The number of hydrogen-bond donors (Lipinski definition) is 2. The summed E-state index contributed by atoms with van der Waals surface area (Å²) in [6, 6.07) is 12.8. The lowest BCUT2D eigenvalue weighted by Gasteiger charge is -2.05. The molecule has 0 saturated heterocycles. The molecule has 0 unspecified atom stereocenters. The standard InChI is InChI=1S/C18H18ClN3O2/c1-3-13-5-7-14(8-6-13)11-20-22-18(24)17(23)21-15-9-4-12(2)16(19)10-15/h4-11H,3H2,1-2H3,(H,21,23)(H,22,24)/b20-11+. The van der Waals surface area contributed by atoms with Crippen LogP contribution in [0.5, 0.6) is 0 Å². The van der Waals surface area contributed by atoms with Gasteiger partial charge in [-0.2, -0.15) is 5.10 Å². The van der Waals surface area contributed by atoms with E-state index in [0.717, 1.165) is 17.5 Å². The molecule has 2 aromatic rings. The molecule has 0 fully saturated rings. The predicted molar refractivity (Wildman–Crippen MR) is 96.4 cm³/mol. The Hall–Kier alpha value is -2.66. The number of benzene rings is 2. The van der Waals surface area contributed by atoms with Crippen molar-refractivity contribution in [3.05, 3.63) is 64.2 Å². The Morgan fingerprint density at radius 2 is 1.83 bits per heavy atom. The number of aryl methyl sites for hydroxylation is 2. The normalized spacial score (nSPS) is 10.6. The topological polar surface area (TPSA) is 70.6 Å². The lowest BCUT2D eigenvalue weighted by atomic mass is 10.1. The first-order valence-corrected chi connectivity index (χ1v) is 7.87. The maximum atomic E-state index is 11.8. The predicted octanol–water partition coefficient (Wildman–Crippen LogP) is 3.30. The Kier molecular flexibility index (Phi) is 6.09. The van der Waals surface area contributed by atoms with Crippen LogP contribution >= 0.6 is 11.6 Å². The first kappa shape index (κ1) is 17.7. The number of halogens is 1. The van der Waals surface area contributed by atoms with E-state index in [9.17, 15) is 9.59 Å². The van der Waals surface area contributed by atoms with Crippen molar-refractivity contribution in [1.82, 2.24) is 5.43 Å². The molecular formula is C18H18ClN3O2. The number of nitrogens with zero attached hydrogens (tertiary/aromatic N) is 1. The molecule has 2 rings (SSSR count). The fourth-order valence-electron chi connectivity index (χ4n) is 1.91. The highest BCUT2D eigenvalue weighted by Gasteiger charge is 2.13. The summed E-state index contributed by atoms with van der Waals surface area (Å²) >= 11 is 5.97. The van der Waals surface area contributed by atoms with Gasteiger partial charge in [0.15, 0.2) is 0 Å². The zero-order valence-electron chi connectivity index (χ0n) is 13.5. The van der Waals surface area contributed by atoms with E-state index in [-0.39, 0.29) is 0 Å². The molecule has 2 aromatic carbocycles. The number of carbonyl (C=O) groups excluding carboxylic acids is 2. The fraction of sp³-hybridized carbons (Fsp3) is 0.167. The van der Waals surface area contributed by atoms with E-state index in [1.54, 1.807) is 18.2 Å². The molecular weight excluding hydrogens is 326 g/mol. The van der Waals surface area contributed by atoms with E-state index in [1.165, 1.54) is 11.8 Å². The Morgan fingerprint density at radius 1 is 1.12 bits per heavy atom. The summed E-state index contributed by atoms with van der Waals surface area (Å²) in [4.78, 5) is 23.5. The number of hydrazone groups is 1. The van der Waals surface area contributed by atoms with Crippen molar-refractivity contribution in [2.75, 3.05) is 5.32 Å².